The minimum absolute atomic E-state index is 0.922. The van der Waals surface area contributed by atoms with Crippen molar-refractivity contribution < 1.29 is 0 Å². The number of aromatic amines is 1. The standard InChI is InChI=1S/C19H23N3/c1-12(2)15-7-8-18-16(9-15)10-19(22-18)13(3)17(11-20-5)14(4)21-6/h7-11,21-22H,1,3H2,2,4-6H3/b17-14-,20-11?. The van der Waals surface area contributed by atoms with Crippen LogP contribution in [0.25, 0.3) is 22.0 Å². The van der Waals surface area contributed by atoms with Gasteiger partial charge in [0.1, 0.15) is 0 Å². The van der Waals surface area contributed by atoms with E-state index in [0.717, 1.165) is 44.6 Å². The molecular formula is C19H23N3. The molecule has 3 heteroatoms. The van der Waals surface area contributed by atoms with E-state index in [1.54, 1.807) is 7.05 Å². The molecule has 1 aromatic heterocycles. The van der Waals surface area contributed by atoms with Crippen LogP contribution in [0.1, 0.15) is 25.1 Å². The highest BCUT2D eigenvalue weighted by Gasteiger charge is 2.10. The third-order valence-electron chi connectivity index (χ3n) is 3.80. The summed E-state index contributed by atoms with van der Waals surface area (Å²) in [6.07, 6.45) is 1.83. The summed E-state index contributed by atoms with van der Waals surface area (Å²) in [5.74, 6) is 0. The van der Waals surface area contributed by atoms with E-state index >= 15 is 0 Å². The van der Waals surface area contributed by atoms with Crippen LogP contribution < -0.4 is 5.32 Å². The lowest BCUT2D eigenvalue weighted by molar-refractivity contribution is 0.984. The van der Waals surface area contributed by atoms with Crippen LogP contribution in [-0.4, -0.2) is 25.3 Å². The van der Waals surface area contributed by atoms with Gasteiger partial charge in [0.2, 0.25) is 0 Å². The second kappa shape index (κ2) is 6.48. The van der Waals surface area contributed by atoms with Crippen molar-refractivity contribution in [1.29, 1.82) is 0 Å². The van der Waals surface area contributed by atoms with E-state index in [2.05, 4.69) is 52.7 Å². The molecule has 2 rings (SSSR count). The van der Waals surface area contributed by atoms with Crippen LogP contribution in [0.4, 0.5) is 0 Å². The van der Waals surface area contributed by atoms with Gasteiger partial charge in [-0.2, -0.15) is 0 Å². The molecule has 0 radical (unpaired) electrons. The normalized spacial score (nSPS) is 12.5. The number of nitrogens with zero attached hydrogens (tertiary/aromatic N) is 1. The van der Waals surface area contributed by atoms with Crippen molar-refractivity contribution in [3.05, 3.63) is 60.0 Å². The molecule has 2 aromatic rings. The van der Waals surface area contributed by atoms with Gasteiger partial charge in [-0.05, 0) is 37.6 Å². The number of aliphatic imine (C=N–C) groups is 1. The Morgan fingerprint density at radius 1 is 1.23 bits per heavy atom. The Kier molecular flexibility index (Phi) is 4.66. The second-order valence-electron chi connectivity index (χ2n) is 5.42. The van der Waals surface area contributed by atoms with E-state index in [1.165, 1.54) is 0 Å². The number of rotatable bonds is 5. The maximum atomic E-state index is 4.23. The highest BCUT2D eigenvalue weighted by atomic mass is 14.8. The summed E-state index contributed by atoms with van der Waals surface area (Å²) in [4.78, 5) is 7.56. The van der Waals surface area contributed by atoms with Crippen molar-refractivity contribution in [3.8, 4) is 0 Å². The molecule has 0 aliphatic rings. The van der Waals surface area contributed by atoms with Crippen LogP contribution in [0.3, 0.4) is 0 Å². The zero-order valence-electron chi connectivity index (χ0n) is 13.7. The third kappa shape index (κ3) is 3.03. The van der Waals surface area contributed by atoms with Gasteiger partial charge in [0.05, 0.1) is 0 Å². The van der Waals surface area contributed by atoms with E-state index < -0.39 is 0 Å². The van der Waals surface area contributed by atoms with Crippen LogP contribution in [0.15, 0.2) is 53.7 Å². The molecule has 0 fully saturated rings. The quantitative estimate of drug-likeness (QED) is 0.622. The maximum absolute atomic E-state index is 4.23. The topological polar surface area (TPSA) is 40.2 Å². The molecule has 0 aliphatic carbocycles. The first-order chi connectivity index (χ1) is 10.5. The Morgan fingerprint density at radius 2 is 1.95 bits per heavy atom. The number of benzene rings is 1. The van der Waals surface area contributed by atoms with Crippen molar-refractivity contribution in [2.45, 2.75) is 13.8 Å². The molecule has 0 spiro atoms. The molecular weight excluding hydrogens is 270 g/mol. The van der Waals surface area contributed by atoms with Crippen molar-refractivity contribution in [2.75, 3.05) is 14.1 Å². The van der Waals surface area contributed by atoms with E-state index in [9.17, 15) is 0 Å². The van der Waals surface area contributed by atoms with Gasteiger partial charge < -0.3 is 10.3 Å². The number of fused-ring (bicyclic) bond motifs is 1. The molecule has 1 heterocycles. The fourth-order valence-corrected chi connectivity index (χ4v) is 2.37. The number of hydrogen-bond acceptors (Lipinski definition) is 2. The minimum atomic E-state index is 0.922. The summed E-state index contributed by atoms with van der Waals surface area (Å²) < 4.78 is 0. The van der Waals surface area contributed by atoms with Crippen LogP contribution in [0, 0.1) is 0 Å². The average molecular weight is 293 g/mol. The molecule has 2 N–H and O–H groups in total. The number of H-pyrrole nitrogens is 1. The monoisotopic (exact) mass is 293 g/mol. The molecule has 0 bridgehead atoms. The smallest absolute Gasteiger partial charge is 0.0466 e. The summed E-state index contributed by atoms with van der Waals surface area (Å²) in [7, 11) is 3.66. The van der Waals surface area contributed by atoms with Gasteiger partial charge in [0, 0.05) is 53.8 Å². The molecule has 114 valence electrons. The average Bonchev–Trinajstić information content (AvgIpc) is 2.94. The minimum Gasteiger partial charge on any atom is -0.391 e. The molecule has 0 saturated carbocycles. The molecule has 22 heavy (non-hydrogen) atoms. The van der Waals surface area contributed by atoms with Crippen LogP contribution in [-0.2, 0) is 0 Å². The first-order valence-electron chi connectivity index (χ1n) is 7.27. The number of allylic oxidation sites excluding steroid dienone is 4. The van der Waals surface area contributed by atoms with E-state index in [1.807, 2.05) is 27.1 Å². The first kappa shape index (κ1) is 15.8. The van der Waals surface area contributed by atoms with E-state index in [-0.39, 0.29) is 0 Å². The number of hydrogen-bond donors (Lipinski definition) is 2. The highest BCUT2D eigenvalue weighted by molar-refractivity contribution is 6.02. The van der Waals surface area contributed by atoms with Crippen LogP contribution in [0.2, 0.25) is 0 Å². The number of nitrogens with one attached hydrogen (secondary N) is 2. The predicted molar refractivity (Wildman–Crippen MR) is 98.2 cm³/mol. The molecule has 0 amide bonds. The Labute approximate surface area is 132 Å². The lowest BCUT2D eigenvalue weighted by atomic mass is 10.0. The van der Waals surface area contributed by atoms with E-state index in [4.69, 9.17) is 0 Å². The zero-order valence-corrected chi connectivity index (χ0v) is 13.7. The van der Waals surface area contributed by atoms with Crippen LogP contribution in [0.5, 0.6) is 0 Å². The highest BCUT2D eigenvalue weighted by Crippen LogP contribution is 2.27. The van der Waals surface area contributed by atoms with Gasteiger partial charge in [-0.15, -0.1) is 0 Å². The zero-order chi connectivity index (χ0) is 16.3. The van der Waals surface area contributed by atoms with Gasteiger partial charge in [-0.25, -0.2) is 0 Å². The first-order valence-corrected chi connectivity index (χ1v) is 7.27. The van der Waals surface area contributed by atoms with Gasteiger partial charge in [0.15, 0.2) is 0 Å². The lowest BCUT2D eigenvalue weighted by Crippen LogP contribution is -2.07. The van der Waals surface area contributed by atoms with Gasteiger partial charge in [0.25, 0.3) is 0 Å². The Balaban J connectivity index is 2.50. The summed E-state index contributed by atoms with van der Waals surface area (Å²) in [6.45, 7) is 12.3. The van der Waals surface area contributed by atoms with Crippen molar-refractivity contribution >= 4 is 28.3 Å². The summed E-state index contributed by atoms with van der Waals surface area (Å²) in [6, 6.07) is 8.43. The second-order valence-corrected chi connectivity index (χ2v) is 5.42. The third-order valence-corrected chi connectivity index (χ3v) is 3.80. The summed E-state index contributed by atoms with van der Waals surface area (Å²) >= 11 is 0. The molecule has 0 unspecified atom stereocenters. The Morgan fingerprint density at radius 3 is 2.55 bits per heavy atom. The largest absolute Gasteiger partial charge is 0.391 e. The molecule has 0 saturated heterocycles. The van der Waals surface area contributed by atoms with Crippen LogP contribution >= 0.6 is 0 Å². The van der Waals surface area contributed by atoms with Crippen molar-refractivity contribution in [1.82, 2.24) is 10.3 Å². The Hall–Kier alpha value is -2.55. The summed E-state index contributed by atoms with van der Waals surface area (Å²) in [5.41, 5.74) is 7.27. The van der Waals surface area contributed by atoms with Crippen molar-refractivity contribution in [2.24, 2.45) is 4.99 Å². The maximum Gasteiger partial charge on any atom is 0.0466 e. The predicted octanol–water partition coefficient (Wildman–Crippen LogP) is 4.41. The molecule has 1 aromatic carbocycles. The molecule has 3 nitrogen and oxygen atoms in total. The Bertz CT molecular complexity index is 788. The van der Waals surface area contributed by atoms with Gasteiger partial charge in [-0.3, -0.25) is 4.99 Å². The molecule has 0 atom stereocenters. The van der Waals surface area contributed by atoms with Gasteiger partial charge >= 0.3 is 0 Å². The SMILES string of the molecule is C=C(C)c1ccc2[nH]c(C(=C)/C(C=NC)=C(/C)NC)cc2c1. The fraction of sp³-hybridized carbons (Fsp3) is 0.211. The lowest BCUT2D eigenvalue weighted by Gasteiger charge is -2.09. The van der Waals surface area contributed by atoms with E-state index in [0.29, 0.717) is 0 Å². The van der Waals surface area contributed by atoms with Crippen molar-refractivity contribution in [3.63, 3.8) is 0 Å². The fourth-order valence-electron chi connectivity index (χ4n) is 2.37. The number of aromatic nitrogens is 1. The summed E-state index contributed by atoms with van der Waals surface area (Å²) in [5, 5.41) is 4.32. The molecule has 0 aliphatic heterocycles. The van der Waals surface area contributed by atoms with Gasteiger partial charge in [-0.1, -0.05) is 24.8 Å².